The average molecular weight is 415 g/mol. The summed E-state index contributed by atoms with van der Waals surface area (Å²) in [6.07, 6.45) is 0.279. The van der Waals surface area contributed by atoms with Crippen LogP contribution in [-0.4, -0.2) is 63.4 Å². The number of aromatic nitrogens is 2. The molecule has 0 radical (unpaired) electrons. The number of amides is 1. The number of hydrogen-bond acceptors (Lipinski definition) is 7. The van der Waals surface area contributed by atoms with E-state index in [-0.39, 0.29) is 24.8 Å². The number of fused-ring (bicyclic) bond motifs is 1. The van der Waals surface area contributed by atoms with Crippen molar-refractivity contribution in [2.75, 3.05) is 33.0 Å². The lowest BCUT2D eigenvalue weighted by atomic mass is 10.1. The molecule has 1 fully saturated rings. The Morgan fingerprint density at radius 2 is 1.90 bits per heavy atom. The molecule has 0 spiro atoms. The van der Waals surface area contributed by atoms with Crippen molar-refractivity contribution in [3.05, 3.63) is 45.3 Å². The van der Waals surface area contributed by atoms with Gasteiger partial charge in [0.1, 0.15) is 11.4 Å². The zero-order valence-corrected chi connectivity index (χ0v) is 17.2. The van der Waals surface area contributed by atoms with Crippen molar-refractivity contribution in [1.82, 2.24) is 19.6 Å². The molecule has 0 bridgehead atoms. The molecular weight excluding hydrogens is 390 g/mol. The van der Waals surface area contributed by atoms with Crippen LogP contribution in [0.25, 0.3) is 0 Å². The SMILES string of the molecule is Cc1nn(CCC(=O)N2CCN(Cc3ccc4c(c3)OCO4)CC2)c(C)c1[N+](=O)[O-]. The fraction of sp³-hybridized carbons (Fsp3) is 0.500. The van der Waals surface area contributed by atoms with E-state index in [1.807, 2.05) is 23.1 Å². The summed E-state index contributed by atoms with van der Waals surface area (Å²) in [7, 11) is 0. The minimum absolute atomic E-state index is 0.0274. The molecule has 10 heteroatoms. The van der Waals surface area contributed by atoms with Crippen LogP contribution in [0.15, 0.2) is 18.2 Å². The average Bonchev–Trinajstić information content (AvgIpc) is 3.29. The van der Waals surface area contributed by atoms with Gasteiger partial charge in [0.25, 0.3) is 0 Å². The monoisotopic (exact) mass is 415 g/mol. The fourth-order valence-electron chi connectivity index (χ4n) is 3.98. The highest BCUT2D eigenvalue weighted by Crippen LogP contribution is 2.32. The van der Waals surface area contributed by atoms with Crippen molar-refractivity contribution in [3.8, 4) is 11.5 Å². The van der Waals surface area contributed by atoms with Gasteiger partial charge in [-0.1, -0.05) is 6.07 Å². The molecule has 2 aromatic rings. The Labute approximate surface area is 174 Å². The second-order valence-corrected chi connectivity index (χ2v) is 7.59. The first-order valence-electron chi connectivity index (χ1n) is 9.99. The Morgan fingerprint density at radius 1 is 1.17 bits per heavy atom. The molecule has 30 heavy (non-hydrogen) atoms. The molecule has 0 saturated carbocycles. The number of nitro groups is 1. The third-order valence-corrected chi connectivity index (χ3v) is 5.63. The number of carbonyl (C=O) groups excluding carboxylic acids is 1. The molecule has 0 N–H and O–H groups in total. The molecule has 160 valence electrons. The minimum Gasteiger partial charge on any atom is -0.454 e. The normalized spacial score (nSPS) is 16.1. The van der Waals surface area contributed by atoms with E-state index in [2.05, 4.69) is 10.00 Å². The Hall–Kier alpha value is -3.14. The first kappa shape index (κ1) is 20.1. The summed E-state index contributed by atoms with van der Waals surface area (Å²) in [5, 5.41) is 15.3. The molecule has 2 aliphatic heterocycles. The summed E-state index contributed by atoms with van der Waals surface area (Å²) >= 11 is 0. The Morgan fingerprint density at radius 3 is 2.60 bits per heavy atom. The van der Waals surface area contributed by atoms with Crippen LogP contribution in [0.2, 0.25) is 0 Å². The van der Waals surface area contributed by atoms with E-state index in [4.69, 9.17) is 9.47 Å². The van der Waals surface area contributed by atoms with Crippen LogP contribution in [0.3, 0.4) is 0 Å². The van der Waals surface area contributed by atoms with Crippen molar-refractivity contribution in [2.45, 2.75) is 33.4 Å². The molecule has 1 aromatic heterocycles. The molecular formula is C20H25N5O5. The van der Waals surface area contributed by atoms with Gasteiger partial charge in [0.15, 0.2) is 11.5 Å². The van der Waals surface area contributed by atoms with Gasteiger partial charge in [0.05, 0.1) is 11.5 Å². The number of rotatable bonds is 6. The van der Waals surface area contributed by atoms with Crippen LogP contribution in [0.5, 0.6) is 11.5 Å². The smallest absolute Gasteiger partial charge is 0.312 e. The topological polar surface area (TPSA) is 103 Å². The molecule has 1 aromatic carbocycles. The van der Waals surface area contributed by atoms with Crippen molar-refractivity contribution in [2.24, 2.45) is 0 Å². The maximum absolute atomic E-state index is 12.6. The predicted octanol–water partition coefficient (Wildman–Crippen LogP) is 1.87. The van der Waals surface area contributed by atoms with Gasteiger partial charge in [-0.25, -0.2) is 0 Å². The van der Waals surface area contributed by atoms with E-state index in [9.17, 15) is 14.9 Å². The largest absolute Gasteiger partial charge is 0.454 e. The Kier molecular flexibility index (Phi) is 5.58. The highest BCUT2D eigenvalue weighted by molar-refractivity contribution is 5.76. The van der Waals surface area contributed by atoms with Crippen LogP contribution < -0.4 is 9.47 Å². The number of aryl methyl sites for hydroxylation is 2. The lowest BCUT2D eigenvalue weighted by molar-refractivity contribution is -0.386. The van der Waals surface area contributed by atoms with E-state index in [0.717, 1.165) is 36.7 Å². The summed E-state index contributed by atoms with van der Waals surface area (Å²) in [6.45, 7) is 7.62. The lowest BCUT2D eigenvalue weighted by Crippen LogP contribution is -2.48. The summed E-state index contributed by atoms with van der Waals surface area (Å²) in [5.41, 5.74) is 2.05. The summed E-state index contributed by atoms with van der Waals surface area (Å²) in [6, 6.07) is 5.98. The van der Waals surface area contributed by atoms with Gasteiger partial charge in [-0.3, -0.25) is 24.5 Å². The van der Waals surface area contributed by atoms with Crippen LogP contribution in [-0.2, 0) is 17.9 Å². The first-order chi connectivity index (χ1) is 14.4. The predicted molar refractivity (Wildman–Crippen MR) is 107 cm³/mol. The number of nitrogens with zero attached hydrogens (tertiary/aromatic N) is 5. The number of benzene rings is 1. The molecule has 0 atom stereocenters. The van der Waals surface area contributed by atoms with Crippen molar-refractivity contribution in [3.63, 3.8) is 0 Å². The van der Waals surface area contributed by atoms with Gasteiger partial charge < -0.3 is 14.4 Å². The molecule has 4 rings (SSSR count). The number of ether oxygens (including phenoxy) is 2. The second-order valence-electron chi connectivity index (χ2n) is 7.59. The first-order valence-corrected chi connectivity index (χ1v) is 9.99. The lowest BCUT2D eigenvalue weighted by Gasteiger charge is -2.34. The minimum atomic E-state index is -0.421. The Bertz CT molecular complexity index is 965. The van der Waals surface area contributed by atoms with Gasteiger partial charge in [0.2, 0.25) is 12.7 Å². The highest BCUT2D eigenvalue weighted by atomic mass is 16.7. The van der Waals surface area contributed by atoms with E-state index in [1.54, 1.807) is 18.5 Å². The van der Waals surface area contributed by atoms with Crippen molar-refractivity contribution in [1.29, 1.82) is 0 Å². The molecule has 1 amide bonds. The van der Waals surface area contributed by atoms with E-state index < -0.39 is 4.92 Å². The van der Waals surface area contributed by atoms with E-state index in [0.29, 0.717) is 31.0 Å². The summed E-state index contributed by atoms with van der Waals surface area (Å²) < 4.78 is 12.3. The van der Waals surface area contributed by atoms with Crippen molar-refractivity contribution < 1.29 is 19.2 Å². The number of piperazine rings is 1. The van der Waals surface area contributed by atoms with Crippen LogP contribution in [0, 0.1) is 24.0 Å². The third kappa shape index (κ3) is 4.09. The molecule has 0 unspecified atom stereocenters. The third-order valence-electron chi connectivity index (χ3n) is 5.63. The fourth-order valence-corrected chi connectivity index (χ4v) is 3.98. The zero-order chi connectivity index (χ0) is 21.3. The highest BCUT2D eigenvalue weighted by Gasteiger charge is 2.24. The van der Waals surface area contributed by atoms with Crippen molar-refractivity contribution >= 4 is 11.6 Å². The molecule has 10 nitrogen and oxygen atoms in total. The molecule has 2 aliphatic rings. The zero-order valence-electron chi connectivity index (χ0n) is 17.2. The maximum Gasteiger partial charge on any atom is 0.312 e. The number of hydrogen-bond donors (Lipinski definition) is 0. The van der Waals surface area contributed by atoms with Crippen LogP contribution >= 0.6 is 0 Å². The number of carbonyl (C=O) groups is 1. The van der Waals surface area contributed by atoms with Gasteiger partial charge in [0, 0.05) is 39.1 Å². The van der Waals surface area contributed by atoms with Crippen LogP contribution in [0.4, 0.5) is 5.69 Å². The molecule has 1 saturated heterocycles. The van der Waals surface area contributed by atoms with Crippen LogP contribution in [0.1, 0.15) is 23.4 Å². The van der Waals surface area contributed by atoms with E-state index >= 15 is 0 Å². The van der Waals surface area contributed by atoms with Gasteiger partial charge in [-0.2, -0.15) is 5.10 Å². The van der Waals surface area contributed by atoms with E-state index in [1.165, 1.54) is 0 Å². The maximum atomic E-state index is 12.6. The Balaban J connectivity index is 1.26. The van der Waals surface area contributed by atoms with Gasteiger partial charge in [-0.05, 0) is 31.5 Å². The summed E-state index contributed by atoms with van der Waals surface area (Å²) in [4.78, 5) is 27.5. The summed E-state index contributed by atoms with van der Waals surface area (Å²) in [5.74, 6) is 1.61. The molecule has 3 heterocycles. The standard InChI is InChI=1S/C20H25N5O5/c1-14-20(25(27)28)15(2)24(21-14)6-5-19(26)23-9-7-22(8-10-23)12-16-3-4-17-18(11-16)30-13-29-17/h3-4,11H,5-10,12-13H2,1-2H3. The second kappa shape index (κ2) is 8.31. The quantitative estimate of drug-likeness (QED) is 0.524. The van der Waals surface area contributed by atoms with Gasteiger partial charge >= 0.3 is 5.69 Å². The molecule has 0 aliphatic carbocycles. The van der Waals surface area contributed by atoms with Gasteiger partial charge in [-0.15, -0.1) is 0 Å².